The fraction of sp³-hybridized carbons (Fsp3) is 1.00. The van der Waals surface area contributed by atoms with Gasteiger partial charge in [0.25, 0.3) is 0 Å². The van der Waals surface area contributed by atoms with Gasteiger partial charge >= 0.3 is 0 Å². The summed E-state index contributed by atoms with van der Waals surface area (Å²) in [5, 5.41) is 3.57. The number of hydrogen-bond donors (Lipinski definition) is 2. The monoisotopic (exact) mass is 228 g/mol. The standard InChI is InChI=1S/C13H28N2O/c1-11(2,3)12(4,5)7-15-8-13(6-14)9-16-10-13/h15H,6-10,14H2,1-5H3. The maximum absolute atomic E-state index is 5.78. The summed E-state index contributed by atoms with van der Waals surface area (Å²) in [6, 6.07) is 0. The second-order valence-corrected chi connectivity index (χ2v) is 6.93. The molecule has 0 unspecified atom stereocenters. The van der Waals surface area contributed by atoms with Crippen molar-refractivity contribution in [1.29, 1.82) is 0 Å². The van der Waals surface area contributed by atoms with Gasteiger partial charge < -0.3 is 15.8 Å². The van der Waals surface area contributed by atoms with E-state index in [2.05, 4.69) is 39.9 Å². The summed E-state index contributed by atoms with van der Waals surface area (Å²) >= 11 is 0. The Bertz CT molecular complexity index is 221. The van der Waals surface area contributed by atoms with Gasteiger partial charge in [0.05, 0.1) is 13.2 Å². The summed E-state index contributed by atoms with van der Waals surface area (Å²) in [5.41, 5.74) is 6.58. The van der Waals surface area contributed by atoms with Crippen molar-refractivity contribution in [2.24, 2.45) is 22.0 Å². The Morgan fingerprint density at radius 3 is 2.06 bits per heavy atom. The third kappa shape index (κ3) is 2.96. The van der Waals surface area contributed by atoms with Crippen molar-refractivity contribution in [3.05, 3.63) is 0 Å². The Kier molecular flexibility index (Phi) is 4.04. The summed E-state index contributed by atoms with van der Waals surface area (Å²) in [4.78, 5) is 0. The maximum atomic E-state index is 5.78. The predicted octanol–water partition coefficient (Wildman–Crippen LogP) is 1.62. The molecule has 1 heterocycles. The van der Waals surface area contributed by atoms with Gasteiger partial charge in [-0.15, -0.1) is 0 Å². The minimum Gasteiger partial charge on any atom is -0.380 e. The molecular formula is C13H28N2O. The van der Waals surface area contributed by atoms with Crippen molar-refractivity contribution in [3.63, 3.8) is 0 Å². The summed E-state index contributed by atoms with van der Waals surface area (Å²) < 4.78 is 5.26. The lowest BCUT2D eigenvalue weighted by Crippen LogP contribution is -2.55. The smallest absolute Gasteiger partial charge is 0.0569 e. The third-order valence-electron chi connectivity index (χ3n) is 4.35. The first-order valence-corrected chi connectivity index (χ1v) is 6.21. The number of hydrogen-bond acceptors (Lipinski definition) is 3. The van der Waals surface area contributed by atoms with Crippen molar-refractivity contribution < 1.29 is 4.74 Å². The van der Waals surface area contributed by atoms with Crippen molar-refractivity contribution >= 4 is 0 Å². The van der Waals surface area contributed by atoms with Gasteiger partial charge in [0.2, 0.25) is 0 Å². The van der Waals surface area contributed by atoms with E-state index in [0.717, 1.165) is 32.8 Å². The molecule has 1 aliphatic rings. The molecule has 96 valence electrons. The number of nitrogens with two attached hydrogens (primary N) is 1. The summed E-state index contributed by atoms with van der Waals surface area (Å²) in [7, 11) is 0. The number of rotatable bonds is 5. The van der Waals surface area contributed by atoms with Crippen LogP contribution in [0.2, 0.25) is 0 Å². The lowest BCUT2D eigenvalue weighted by Gasteiger charge is -2.43. The van der Waals surface area contributed by atoms with Crippen LogP contribution in [-0.4, -0.2) is 32.8 Å². The molecule has 0 aromatic rings. The Hall–Kier alpha value is -0.120. The Labute approximate surface area is 100 Å². The first-order chi connectivity index (χ1) is 7.22. The second-order valence-electron chi connectivity index (χ2n) is 6.93. The van der Waals surface area contributed by atoms with Crippen LogP contribution in [0.1, 0.15) is 34.6 Å². The van der Waals surface area contributed by atoms with E-state index in [9.17, 15) is 0 Å². The van der Waals surface area contributed by atoms with Crippen molar-refractivity contribution in [3.8, 4) is 0 Å². The van der Waals surface area contributed by atoms with Crippen molar-refractivity contribution in [1.82, 2.24) is 5.32 Å². The van der Waals surface area contributed by atoms with Gasteiger partial charge in [-0.25, -0.2) is 0 Å². The minimum absolute atomic E-state index is 0.202. The van der Waals surface area contributed by atoms with Gasteiger partial charge in [-0.3, -0.25) is 0 Å². The largest absolute Gasteiger partial charge is 0.380 e. The van der Waals surface area contributed by atoms with Gasteiger partial charge in [0.1, 0.15) is 0 Å². The van der Waals surface area contributed by atoms with Gasteiger partial charge in [0, 0.05) is 25.0 Å². The number of nitrogens with one attached hydrogen (secondary N) is 1. The van der Waals surface area contributed by atoms with E-state index in [0.29, 0.717) is 5.41 Å². The van der Waals surface area contributed by atoms with Gasteiger partial charge in [-0.1, -0.05) is 34.6 Å². The minimum atomic E-state index is 0.202. The van der Waals surface area contributed by atoms with E-state index in [1.165, 1.54) is 0 Å². The van der Waals surface area contributed by atoms with Crippen LogP contribution in [0.15, 0.2) is 0 Å². The molecule has 0 atom stereocenters. The first kappa shape index (κ1) is 13.9. The van der Waals surface area contributed by atoms with E-state index in [1.807, 2.05) is 0 Å². The van der Waals surface area contributed by atoms with E-state index in [4.69, 9.17) is 10.5 Å². The van der Waals surface area contributed by atoms with Crippen LogP contribution in [0.25, 0.3) is 0 Å². The maximum Gasteiger partial charge on any atom is 0.0569 e. The fourth-order valence-corrected chi connectivity index (χ4v) is 1.59. The lowest BCUT2D eigenvalue weighted by atomic mass is 9.69. The van der Waals surface area contributed by atoms with Crippen LogP contribution in [0.4, 0.5) is 0 Å². The molecule has 1 fully saturated rings. The van der Waals surface area contributed by atoms with Crippen LogP contribution >= 0.6 is 0 Å². The average Bonchev–Trinajstić information content (AvgIpc) is 2.07. The molecule has 0 bridgehead atoms. The molecule has 3 N–H and O–H groups in total. The van der Waals surface area contributed by atoms with E-state index in [-0.39, 0.29) is 10.8 Å². The van der Waals surface area contributed by atoms with Crippen molar-refractivity contribution in [2.75, 3.05) is 32.8 Å². The highest BCUT2D eigenvalue weighted by Gasteiger charge is 2.38. The molecule has 1 rings (SSSR count). The summed E-state index contributed by atoms with van der Waals surface area (Å²) in [6.45, 7) is 15.8. The molecule has 0 aromatic carbocycles. The van der Waals surface area contributed by atoms with Gasteiger partial charge in [-0.2, -0.15) is 0 Å². The molecule has 1 saturated heterocycles. The molecule has 0 spiro atoms. The Morgan fingerprint density at radius 1 is 1.19 bits per heavy atom. The zero-order valence-corrected chi connectivity index (χ0v) is 11.5. The number of ether oxygens (including phenoxy) is 1. The molecule has 0 radical (unpaired) electrons. The predicted molar refractivity (Wildman–Crippen MR) is 68.4 cm³/mol. The molecule has 0 amide bonds. The first-order valence-electron chi connectivity index (χ1n) is 6.21. The molecule has 0 saturated carbocycles. The topological polar surface area (TPSA) is 47.3 Å². The average molecular weight is 228 g/mol. The quantitative estimate of drug-likeness (QED) is 0.752. The van der Waals surface area contributed by atoms with Crippen LogP contribution in [-0.2, 0) is 4.74 Å². The van der Waals surface area contributed by atoms with Gasteiger partial charge in [-0.05, 0) is 10.8 Å². The fourth-order valence-electron chi connectivity index (χ4n) is 1.59. The normalized spacial score (nSPS) is 20.6. The summed E-state index contributed by atoms with van der Waals surface area (Å²) in [5.74, 6) is 0. The zero-order valence-electron chi connectivity index (χ0n) is 11.5. The second kappa shape index (κ2) is 4.63. The van der Waals surface area contributed by atoms with Crippen LogP contribution < -0.4 is 11.1 Å². The lowest BCUT2D eigenvalue weighted by molar-refractivity contribution is -0.106. The molecule has 16 heavy (non-hydrogen) atoms. The van der Waals surface area contributed by atoms with Crippen LogP contribution in [0, 0.1) is 16.2 Å². The molecule has 3 heteroatoms. The van der Waals surface area contributed by atoms with E-state index < -0.39 is 0 Å². The molecule has 3 nitrogen and oxygen atoms in total. The highest BCUT2D eigenvalue weighted by Crippen LogP contribution is 2.37. The summed E-state index contributed by atoms with van der Waals surface area (Å²) in [6.07, 6.45) is 0. The van der Waals surface area contributed by atoms with Crippen LogP contribution in [0.3, 0.4) is 0 Å². The van der Waals surface area contributed by atoms with Crippen molar-refractivity contribution in [2.45, 2.75) is 34.6 Å². The molecule has 0 aromatic heterocycles. The molecule has 1 aliphatic heterocycles. The third-order valence-corrected chi connectivity index (χ3v) is 4.35. The molecular weight excluding hydrogens is 200 g/mol. The van der Waals surface area contributed by atoms with Gasteiger partial charge in [0.15, 0.2) is 0 Å². The Balaban J connectivity index is 2.35. The van der Waals surface area contributed by atoms with E-state index >= 15 is 0 Å². The van der Waals surface area contributed by atoms with Crippen LogP contribution in [0.5, 0.6) is 0 Å². The highest BCUT2D eigenvalue weighted by molar-refractivity contribution is 4.91. The molecule has 0 aliphatic carbocycles. The zero-order chi connectivity index (χ0) is 12.4. The SMILES string of the molecule is CC(C)(C)C(C)(C)CNCC1(CN)COC1. The Morgan fingerprint density at radius 2 is 1.75 bits per heavy atom. The highest BCUT2D eigenvalue weighted by atomic mass is 16.5. The van der Waals surface area contributed by atoms with E-state index in [1.54, 1.807) is 0 Å².